The van der Waals surface area contributed by atoms with Gasteiger partial charge in [-0.3, -0.25) is 0 Å². The summed E-state index contributed by atoms with van der Waals surface area (Å²) in [5.41, 5.74) is 2.31. The molecule has 0 saturated carbocycles. The summed E-state index contributed by atoms with van der Waals surface area (Å²) in [5.74, 6) is 0. The number of rotatable bonds is 4. The first-order valence-electron chi connectivity index (χ1n) is 6.34. The molecule has 2 rings (SSSR count). The molecule has 1 aromatic carbocycles. The number of amides is 2. The van der Waals surface area contributed by atoms with Crippen LogP contribution in [0, 0.1) is 6.92 Å². The molecule has 0 fully saturated rings. The second-order valence-electron chi connectivity index (χ2n) is 4.65. The van der Waals surface area contributed by atoms with Crippen molar-refractivity contribution >= 4 is 29.0 Å². The van der Waals surface area contributed by atoms with Crippen LogP contribution in [0.5, 0.6) is 0 Å². The summed E-state index contributed by atoms with van der Waals surface area (Å²) in [6.45, 7) is 3.15. The topological polar surface area (TPSA) is 32.3 Å². The highest BCUT2D eigenvalue weighted by Gasteiger charge is 2.10. The van der Waals surface area contributed by atoms with Gasteiger partial charge in [0.1, 0.15) is 0 Å². The lowest BCUT2D eigenvalue weighted by atomic mass is 10.1. The van der Waals surface area contributed by atoms with Crippen LogP contribution in [0.25, 0.3) is 0 Å². The van der Waals surface area contributed by atoms with Crippen molar-refractivity contribution in [2.24, 2.45) is 0 Å². The molecule has 0 spiro atoms. The highest BCUT2D eigenvalue weighted by Crippen LogP contribution is 2.22. The van der Waals surface area contributed by atoms with Gasteiger partial charge in [0, 0.05) is 18.5 Å². The number of halogens is 1. The quantitative estimate of drug-likeness (QED) is 0.908. The van der Waals surface area contributed by atoms with Gasteiger partial charge < -0.3 is 10.2 Å². The molecule has 1 aromatic heterocycles. The highest BCUT2D eigenvalue weighted by atomic mass is 35.5. The summed E-state index contributed by atoms with van der Waals surface area (Å²) >= 11 is 7.38. The zero-order chi connectivity index (χ0) is 14.5. The Balaban J connectivity index is 1.87. The molecular weight excluding hydrogens is 292 g/mol. The number of hydrogen-bond acceptors (Lipinski definition) is 2. The molecule has 3 nitrogen and oxygen atoms in total. The van der Waals surface area contributed by atoms with Crippen LogP contribution in [0.4, 0.5) is 4.79 Å². The predicted molar refractivity (Wildman–Crippen MR) is 84.2 cm³/mol. The summed E-state index contributed by atoms with van der Waals surface area (Å²) in [6, 6.07) is 11.7. The monoisotopic (exact) mass is 308 g/mol. The van der Waals surface area contributed by atoms with Crippen molar-refractivity contribution in [1.82, 2.24) is 10.2 Å². The Kier molecular flexibility index (Phi) is 5.04. The fourth-order valence-corrected chi connectivity index (χ4v) is 3.00. The molecular formula is C15H17ClN2OS. The lowest BCUT2D eigenvalue weighted by molar-refractivity contribution is 0.207. The van der Waals surface area contributed by atoms with Crippen LogP contribution in [0.15, 0.2) is 36.4 Å². The molecule has 0 aliphatic heterocycles. The molecule has 0 unspecified atom stereocenters. The first-order chi connectivity index (χ1) is 9.56. The van der Waals surface area contributed by atoms with Crippen molar-refractivity contribution in [2.75, 3.05) is 7.05 Å². The van der Waals surface area contributed by atoms with E-state index in [-0.39, 0.29) is 6.03 Å². The third kappa shape index (κ3) is 3.99. The number of carbonyl (C=O) groups excluding carboxylic acids is 1. The van der Waals surface area contributed by atoms with Gasteiger partial charge in [-0.15, -0.1) is 11.3 Å². The van der Waals surface area contributed by atoms with E-state index in [2.05, 4.69) is 5.32 Å². The Bertz CT molecular complexity index is 597. The Morgan fingerprint density at radius 2 is 2.05 bits per heavy atom. The van der Waals surface area contributed by atoms with E-state index in [9.17, 15) is 4.79 Å². The molecule has 0 aliphatic carbocycles. The summed E-state index contributed by atoms with van der Waals surface area (Å²) in [7, 11) is 1.78. The van der Waals surface area contributed by atoms with E-state index in [0.717, 1.165) is 14.8 Å². The van der Waals surface area contributed by atoms with E-state index in [1.807, 2.05) is 43.3 Å². The number of carbonyl (C=O) groups is 1. The number of aryl methyl sites for hydroxylation is 1. The summed E-state index contributed by atoms with van der Waals surface area (Å²) in [4.78, 5) is 14.8. The van der Waals surface area contributed by atoms with Gasteiger partial charge >= 0.3 is 6.03 Å². The zero-order valence-electron chi connectivity index (χ0n) is 11.5. The first kappa shape index (κ1) is 14.9. The van der Waals surface area contributed by atoms with E-state index < -0.39 is 0 Å². The van der Waals surface area contributed by atoms with Crippen molar-refractivity contribution in [3.8, 4) is 0 Å². The highest BCUT2D eigenvalue weighted by molar-refractivity contribution is 7.16. The Morgan fingerprint density at radius 3 is 2.70 bits per heavy atom. The third-order valence-corrected chi connectivity index (χ3v) is 4.28. The van der Waals surface area contributed by atoms with E-state index in [0.29, 0.717) is 13.1 Å². The van der Waals surface area contributed by atoms with Crippen molar-refractivity contribution < 1.29 is 4.79 Å². The second-order valence-corrected chi connectivity index (χ2v) is 6.45. The molecule has 2 aromatic rings. The van der Waals surface area contributed by atoms with E-state index in [4.69, 9.17) is 11.6 Å². The molecule has 2 amide bonds. The first-order valence-corrected chi connectivity index (χ1v) is 7.53. The van der Waals surface area contributed by atoms with Crippen molar-refractivity contribution in [1.29, 1.82) is 0 Å². The summed E-state index contributed by atoms with van der Waals surface area (Å²) in [5, 5.41) is 2.93. The van der Waals surface area contributed by atoms with Crippen molar-refractivity contribution in [3.05, 3.63) is 56.7 Å². The van der Waals surface area contributed by atoms with Gasteiger partial charge in [-0.1, -0.05) is 35.9 Å². The number of hydrogen-bond donors (Lipinski definition) is 1. The van der Waals surface area contributed by atoms with Crippen LogP contribution in [0.2, 0.25) is 4.34 Å². The Hall–Kier alpha value is -1.52. The average molecular weight is 309 g/mol. The maximum Gasteiger partial charge on any atom is 0.317 e. The predicted octanol–water partition coefficient (Wildman–Crippen LogP) is 4.05. The molecule has 0 saturated heterocycles. The maximum absolute atomic E-state index is 12.0. The SMILES string of the molecule is Cc1ccccc1CNC(=O)N(C)Cc1ccc(Cl)s1. The number of benzene rings is 1. The minimum atomic E-state index is -0.0854. The number of nitrogens with one attached hydrogen (secondary N) is 1. The van der Waals surface area contributed by atoms with Crippen LogP contribution in [0.1, 0.15) is 16.0 Å². The van der Waals surface area contributed by atoms with Gasteiger partial charge in [0.25, 0.3) is 0 Å². The molecule has 0 atom stereocenters. The lowest BCUT2D eigenvalue weighted by Gasteiger charge is -2.17. The third-order valence-electron chi connectivity index (χ3n) is 3.06. The smallest absolute Gasteiger partial charge is 0.317 e. The van der Waals surface area contributed by atoms with Gasteiger partial charge in [0.2, 0.25) is 0 Å². The van der Waals surface area contributed by atoms with Gasteiger partial charge in [-0.25, -0.2) is 4.79 Å². The molecule has 0 aliphatic rings. The molecule has 20 heavy (non-hydrogen) atoms. The van der Waals surface area contributed by atoms with Crippen LogP contribution in [0.3, 0.4) is 0 Å². The number of urea groups is 1. The number of thiophene rings is 1. The van der Waals surface area contributed by atoms with E-state index in [1.165, 1.54) is 16.9 Å². The van der Waals surface area contributed by atoms with Crippen molar-refractivity contribution in [3.63, 3.8) is 0 Å². The molecule has 1 N–H and O–H groups in total. The van der Waals surface area contributed by atoms with Gasteiger partial charge in [0.15, 0.2) is 0 Å². The largest absolute Gasteiger partial charge is 0.334 e. The normalized spacial score (nSPS) is 10.3. The molecule has 5 heteroatoms. The summed E-state index contributed by atoms with van der Waals surface area (Å²) in [6.07, 6.45) is 0. The van der Waals surface area contributed by atoms with Crippen LogP contribution >= 0.6 is 22.9 Å². The van der Waals surface area contributed by atoms with Gasteiger partial charge in [-0.05, 0) is 30.2 Å². The zero-order valence-corrected chi connectivity index (χ0v) is 13.1. The van der Waals surface area contributed by atoms with Crippen LogP contribution in [-0.2, 0) is 13.1 Å². The van der Waals surface area contributed by atoms with E-state index in [1.54, 1.807) is 11.9 Å². The average Bonchev–Trinajstić information content (AvgIpc) is 2.82. The Morgan fingerprint density at radius 1 is 1.30 bits per heavy atom. The maximum atomic E-state index is 12.0. The lowest BCUT2D eigenvalue weighted by Crippen LogP contribution is -2.36. The molecule has 0 bridgehead atoms. The van der Waals surface area contributed by atoms with Crippen LogP contribution in [-0.4, -0.2) is 18.0 Å². The molecule has 106 valence electrons. The second kappa shape index (κ2) is 6.77. The fraction of sp³-hybridized carbons (Fsp3) is 0.267. The van der Waals surface area contributed by atoms with E-state index >= 15 is 0 Å². The van der Waals surface area contributed by atoms with Gasteiger partial charge in [0.05, 0.1) is 10.9 Å². The number of nitrogens with zero attached hydrogens (tertiary/aromatic N) is 1. The minimum Gasteiger partial charge on any atom is -0.334 e. The minimum absolute atomic E-state index is 0.0854. The molecule has 1 heterocycles. The standard InChI is InChI=1S/C15H17ClN2OS/c1-11-5-3-4-6-12(11)9-17-15(19)18(2)10-13-7-8-14(16)20-13/h3-8H,9-10H2,1-2H3,(H,17,19). The Labute approximate surface area is 128 Å². The fourth-order valence-electron chi connectivity index (χ4n) is 1.86. The van der Waals surface area contributed by atoms with Gasteiger partial charge in [-0.2, -0.15) is 0 Å². The van der Waals surface area contributed by atoms with Crippen LogP contribution < -0.4 is 5.32 Å². The van der Waals surface area contributed by atoms with Crippen molar-refractivity contribution in [2.45, 2.75) is 20.0 Å². The molecule has 0 radical (unpaired) electrons. The summed E-state index contributed by atoms with van der Waals surface area (Å²) < 4.78 is 0.744.